The van der Waals surface area contributed by atoms with Crippen molar-refractivity contribution < 1.29 is 4.74 Å². The van der Waals surface area contributed by atoms with Crippen LogP contribution < -0.4 is 4.74 Å². The highest BCUT2D eigenvalue weighted by Gasteiger charge is 2.02. The van der Waals surface area contributed by atoms with Crippen molar-refractivity contribution in [1.82, 2.24) is 9.97 Å². The molecule has 4 heteroatoms. The fraction of sp³-hybridized carbons (Fsp3) is 0.167. The molecule has 0 spiro atoms. The minimum Gasteiger partial charge on any atom is -0.424 e. The fourth-order valence-corrected chi connectivity index (χ4v) is 1.75. The first-order chi connectivity index (χ1) is 7.63. The number of aryl methyl sites for hydroxylation is 2. The lowest BCUT2D eigenvalue weighted by molar-refractivity contribution is 0.438. The smallest absolute Gasteiger partial charge is 0.322 e. The summed E-state index contributed by atoms with van der Waals surface area (Å²) in [7, 11) is 0. The molecule has 1 aromatic carbocycles. The predicted octanol–water partition coefficient (Wildman–Crippen LogP) is 3.65. The molecule has 0 amide bonds. The molecule has 82 valence electrons. The molecule has 3 nitrogen and oxygen atoms in total. The van der Waals surface area contributed by atoms with Crippen LogP contribution in [0.2, 0.25) is 0 Å². The van der Waals surface area contributed by atoms with E-state index in [1.54, 1.807) is 0 Å². The van der Waals surface area contributed by atoms with Crippen molar-refractivity contribution >= 4 is 15.9 Å². The number of rotatable bonds is 2. The van der Waals surface area contributed by atoms with E-state index in [1.807, 2.05) is 44.2 Å². The van der Waals surface area contributed by atoms with E-state index in [-0.39, 0.29) is 0 Å². The summed E-state index contributed by atoms with van der Waals surface area (Å²) in [6.07, 6.45) is 0. The van der Waals surface area contributed by atoms with Gasteiger partial charge in [-0.2, -0.15) is 0 Å². The van der Waals surface area contributed by atoms with Crippen molar-refractivity contribution in [3.63, 3.8) is 0 Å². The molecule has 0 aliphatic heterocycles. The predicted molar refractivity (Wildman–Crippen MR) is 65.7 cm³/mol. The molecule has 1 aromatic heterocycles. The van der Waals surface area contributed by atoms with Crippen LogP contribution >= 0.6 is 15.9 Å². The molecule has 0 aliphatic carbocycles. The highest BCUT2D eigenvalue weighted by atomic mass is 79.9. The molecular formula is C12H11BrN2O. The normalized spacial score (nSPS) is 10.2. The minimum absolute atomic E-state index is 0.385. The highest BCUT2D eigenvalue weighted by molar-refractivity contribution is 9.10. The number of ether oxygens (including phenoxy) is 1. The Kier molecular flexibility index (Phi) is 3.19. The van der Waals surface area contributed by atoms with Gasteiger partial charge in [0.25, 0.3) is 0 Å². The van der Waals surface area contributed by atoms with Crippen LogP contribution in [0.3, 0.4) is 0 Å². The van der Waals surface area contributed by atoms with E-state index >= 15 is 0 Å². The van der Waals surface area contributed by atoms with Crippen LogP contribution in [-0.2, 0) is 0 Å². The molecule has 0 radical (unpaired) electrons. The van der Waals surface area contributed by atoms with Gasteiger partial charge in [-0.1, -0.05) is 22.0 Å². The summed E-state index contributed by atoms with van der Waals surface area (Å²) < 4.78 is 6.54. The summed E-state index contributed by atoms with van der Waals surface area (Å²) in [5.74, 6) is 0.722. The summed E-state index contributed by atoms with van der Waals surface area (Å²) in [5.41, 5.74) is 1.80. The second kappa shape index (κ2) is 4.61. The van der Waals surface area contributed by atoms with E-state index in [9.17, 15) is 0 Å². The summed E-state index contributed by atoms with van der Waals surface area (Å²) in [5, 5.41) is 0. The maximum absolute atomic E-state index is 5.57. The van der Waals surface area contributed by atoms with Crippen LogP contribution in [0.25, 0.3) is 0 Å². The maximum Gasteiger partial charge on any atom is 0.322 e. The summed E-state index contributed by atoms with van der Waals surface area (Å²) in [6.45, 7) is 3.84. The lowest BCUT2D eigenvalue weighted by Crippen LogP contribution is -1.95. The third-order valence-corrected chi connectivity index (χ3v) is 2.46. The molecule has 0 unspecified atom stereocenters. The summed E-state index contributed by atoms with van der Waals surface area (Å²) in [6, 6.07) is 9.88. The van der Waals surface area contributed by atoms with Gasteiger partial charge in [-0.15, -0.1) is 0 Å². The van der Waals surface area contributed by atoms with E-state index in [4.69, 9.17) is 4.74 Å². The van der Waals surface area contributed by atoms with Crippen molar-refractivity contribution in [3.05, 3.63) is 46.2 Å². The minimum atomic E-state index is 0.385. The van der Waals surface area contributed by atoms with Crippen molar-refractivity contribution in [3.8, 4) is 11.8 Å². The third kappa shape index (κ3) is 2.79. The Bertz CT molecular complexity index is 494. The second-order valence-electron chi connectivity index (χ2n) is 3.49. The van der Waals surface area contributed by atoms with Gasteiger partial charge in [0.2, 0.25) is 0 Å². The van der Waals surface area contributed by atoms with Crippen molar-refractivity contribution in [2.75, 3.05) is 0 Å². The van der Waals surface area contributed by atoms with E-state index in [2.05, 4.69) is 25.9 Å². The SMILES string of the molecule is Cc1cc(C)nc(Oc2cccc(Br)c2)n1. The Labute approximate surface area is 103 Å². The average molecular weight is 279 g/mol. The Morgan fingerprint density at radius 1 is 1.06 bits per heavy atom. The van der Waals surface area contributed by atoms with Gasteiger partial charge in [0.05, 0.1) is 0 Å². The van der Waals surface area contributed by atoms with Crippen LogP contribution in [0, 0.1) is 13.8 Å². The zero-order valence-electron chi connectivity index (χ0n) is 9.07. The Hall–Kier alpha value is -1.42. The van der Waals surface area contributed by atoms with E-state index in [0.29, 0.717) is 6.01 Å². The topological polar surface area (TPSA) is 35.0 Å². The number of hydrogen-bond acceptors (Lipinski definition) is 3. The molecule has 2 aromatic rings. The van der Waals surface area contributed by atoms with Gasteiger partial charge in [-0.25, -0.2) is 9.97 Å². The second-order valence-corrected chi connectivity index (χ2v) is 4.41. The van der Waals surface area contributed by atoms with Crippen LogP contribution in [-0.4, -0.2) is 9.97 Å². The van der Waals surface area contributed by atoms with E-state index in [1.165, 1.54) is 0 Å². The number of nitrogens with zero attached hydrogens (tertiary/aromatic N) is 2. The molecule has 0 fully saturated rings. The molecule has 0 N–H and O–H groups in total. The largest absolute Gasteiger partial charge is 0.424 e. The lowest BCUT2D eigenvalue weighted by Gasteiger charge is -2.05. The van der Waals surface area contributed by atoms with E-state index in [0.717, 1.165) is 21.6 Å². The third-order valence-electron chi connectivity index (χ3n) is 1.97. The Balaban J connectivity index is 2.27. The number of halogens is 1. The van der Waals surface area contributed by atoms with Crippen LogP contribution in [0.15, 0.2) is 34.8 Å². The molecule has 0 aliphatic rings. The van der Waals surface area contributed by atoms with E-state index < -0.39 is 0 Å². The lowest BCUT2D eigenvalue weighted by atomic mass is 10.3. The first-order valence-corrected chi connectivity index (χ1v) is 5.68. The van der Waals surface area contributed by atoms with Gasteiger partial charge in [0.15, 0.2) is 0 Å². The fourth-order valence-electron chi connectivity index (χ4n) is 1.38. The molecule has 0 bridgehead atoms. The Morgan fingerprint density at radius 2 is 1.75 bits per heavy atom. The summed E-state index contributed by atoms with van der Waals surface area (Å²) in [4.78, 5) is 8.42. The number of benzene rings is 1. The first kappa shape index (κ1) is 11.1. The van der Waals surface area contributed by atoms with Crippen LogP contribution in [0.4, 0.5) is 0 Å². The molecule has 0 saturated carbocycles. The highest BCUT2D eigenvalue weighted by Crippen LogP contribution is 2.22. The van der Waals surface area contributed by atoms with Crippen molar-refractivity contribution in [2.45, 2.75) is 13.8 Å². The standard InChI is InChI=1S/C12H11BrN2O/c1-8-6-9(2)15-12(14-8)16-11-5-3-4-10(13)7-11/h3-7H,1-2H3. The van der Waals surface area contributed by atoms with Gasteiger partial charge in [-0.3, -0.25) is 0 Å². The molecule has 0 saturated heterocycles. The maximum atomic E-state index is 5.57. The number of hydrogen-bond donors (Lipinski definition) is 0. The van der Waals surface area contributed by atoms with Gasteiger partial charge >= 0.3 is 6.01 Å². The Morgan fingerprint density at radius 3 is 2.38 bits per heavy atom. The van der Waals surface area contributed by atoms with Gasteiger partial charge in [0, 0.05) is 15.9 Å². The zero-order valence-corrected chi connectivity index (χ0v) is 10.7. The molecular weight excluding hydrogens is 268 g/mol. The van der Waals surface area contributed by atoms with Crippen LogP contribution in [0.5, 0.6) is 11.8 Å². The zero-order chi connectivity index (χ0) is 11.5. The average Bonchev–Trinajstić information content (AvgIpc) is 2.15. The monoisotopic (exact) mass is 278 g/mol. The quantitative estimate of drug-likeness (QED) is 0.841. The van der Waals surface area contributed by atoms with Gasteiger partial charge in [0.1, 0.15) is 5.75 Å². The summed E-state index contributed by atoms with van der Waals surface area (Å²) >= 11 is 3.38. The van der Waals surface area contributed by atoms with Crippen molar-refractivity contribution in [1.29, 1.82) is 0 Å². The van der Waals surface area contributed by atoms with Gasteiger partial charge in [-0.05, 0) is 38.1 Å². The van der Waals surface area contributed by atoms with Crippen molar-refractivity contribution in [2.24, 2.45) is 0 Å². The molecule has 1 heterocycles. The van der Waals surface area contributed by atoms with Crippen LogP contribution in [0.1, 0.15) is 11.4 Å². The molecule has 0 atom stereocenters. The number of aromatic nitrogens is 2. The molecule has 2 rings (SSSR count). The molecule has 16 heavy (non-hydrogen) atoms. The first-order valence-electron chi connectivity index (χ1n) is 4.89. The van der Waals surface area contributed by atoms with Gasteiger partial charge < -0.3 is 4.74 Å².